The van der Waals surface area contributed by atoms with Gasteiger partial charge in [0.15, 0.2) is 6.23 Å². The first kappa shape index (κ1) is 30.7. The summed E-state index contributed by atoms with van der Waals surface area (Å²) in [6, 6.07) is 1.19. The number of unbranched alkanes of at least 4 members (excludes halogenated alkanes) is 13. The monoisotopic (exact) mass is 512 g/mol. The zero-order valence-electron chi connectivity index (χ0n) is 22.1. The van der Waals surface area contributed by atoms with Crippen molar-refractivity contribution in [2.45, 2.75) is 121 Å². The lowest BCUT2D eigenvalue weighted by molar-refractivity contribution is -0.0845. The molecule has 36 heavy (non-hydrogen) atoms. The summed E-state index contributed by atoms with van der Waals surface area (Å²) in [6.07, 6.45) is 15.9. The lowest BCUT2D eigenvalue weighted by Gasteiger charge is -2.22. The molecule has 1 aromatic rings. The standard InChI is InChI=1S/C27H48N2O7/c1-2-3-4-5-6-7-8-9-10-11-12-13-14-15-18-34-19-20-35-25-24(32)22(21-30)36-26(25)29-17-16-23(31)28-27(29)33/h16-17,22,24-26,30,32H,2-15,18-21H2,1H3,(H,28,31,33). The number of nitrogens with zero attached hydrogens (tertiary/aromatic N) is 1. The number of aromatic nitrogens is 2. The summed E-state index contributed by atoms with van der Waals surface area (Å²) in [7, 11) is 0. The summed E-state index contributed by atoms with van der Waals surface area (Å²) in [5.41, 5.74) is -1.19. The predicted octanol–water partition coefficient (Wildman–Crippen LogP) is 3.67. The van der Waals surface area contributed by atoms with Crippen LogP contribution in [0.3, 0.4) is 0 Å². The van der Waals surface area contributed by atoms with E-state index in [4.69, 9.17) is 14.2 Å². The van der Waals surface area contributed by atoms with E-state index in [1.165, 1.54) is 89.3 Å². The molecule has 1 aliphatic heterocycles. The van der Waals surface area contributed by atoms with Gasteiger partial charge in [0.1, 0.15) is 18.3 Å². The van der Waals surface area contributed by atoms with Crippen LogP contribution in [0, 0.1) is 0 Å². The second-order valence-electron chi connectivity index (χ2n) is 9.80. The minimum Gasteiger partial charge on any atom is -0.394 e. The molecule has 3 N–H and O–H groups in total. The molecule has 9 heteroatoms. The van der Waals surface area contributed by atoms with Crippen LogP contribution in [0.5, 0.6) is 0 Å². The van der Waals surface area contributed by atoms with Gasteiger partial charge in [-0.15, -0.1) is 0 Å². The van der Waals surface area contributed by atoms with Gasteiger partial charge in [-0.05, 0) is 6.42 Å². The molecular weight excluding hydrogens is 464 g/mol. The third kappa shape index (κ3) is 11.3. The molecule has 1 aromatic heterocycles. The summed E-state index contributed by atoms with van der Waals surface area (Å²) in [5, 5.41) is 19.9. The van der Waals surface area contributed by atoms with Crippen molar-refractivity contribution < 1.29 is 24.4 Å². The summed E-state index contributed by atoms with van der Waals surface area (Å²) in [5.74, 6) is 0. The quantitative estimate of drug-likeness (QED) is 0.215. The molecule has 0 aliphatic carbocycles. The third-order valence-electron chi connectivity index (χ3n) is 6.80. The molecular formula is C27H48N2O7. The number of aromatic amines is 1. The van der Waals surface area contributed by atoms with Gasteiger partial charge in [0.25, 0.3) is 5.56 Å². The molecule has 0 saturated carbocycles. The Bertz CT molecular complexity index is 797. The molecule has 1 aliphatic rings. The highest BCUT2D eigenvalue weighted by Crippen LogP contribution is 2.30. The number of H-pyrrole nitrogens is 1. The number of hydrogen-bond donors (Lipinski definition) is 3. The van der Waals surface area contributed by atoms with Gasteiger partial charge < -0.3 is 24.4 Å². The summed E-state index contributed by atoms with van der Waals surface area (Å²) >= 11 is 0. The molecule has 4 unspecified atom stereocenters. The summed E-state index contributed by atoms with van der Waals surface area (Å²) in [6.45, 7) is 3.09. The van der Waals surface area contributed by atoms with Gasteiger partial charge in [0.05, 0.1) is 19.8 Å². The van der Waals surface area contributed by atoms with Crippen molar-refractivity contribution in [1.82, 2.24) is 9.55 Å². The fourth-order valence-electron chi connectivity index (χ4n) is 4.64. The molecule has 208 valence electrons. The molecule has 9 nitrogen and oxygen atoms in total. The van der Waals surface area contributed by atoms with Crippen LogP contribution in [-0.4, -0.2) is 64.5 Å². The predicted molar refractivity (Wildman–Crippen MR) is 139 cm³/mol. The smallest absolute Gasteiger partial charge is 0.330 e. The van der Waals surface area contributed by atoms with Crippen LogP contribution in [0.25, 0.3) is 0 Å². The van der Waals surface area contributed by atoms with Crippen LogP contribution in [-0.2, 0) is 14.2 Å². The van der Waals surface area contributed by atoms with Gasteiger partial charge in [-0.2, -0.15) is 0 Å². The highest BCUT2D eigenvalue weighted by molar-refractivity contribution is 4.94. The van der Waals surface area contributed by atoms with E-state index >= 15 is 0 Å². The van der Waals surface area contributed by atoms with Crippen molar-refractivity contribution >= 4 is 0 Å². The maximum atomic E-state index is 12.1. The van der Waals surface area contributed by atoms with E-state index < -0.39 is 42.4 Å². The summed E-state index contributed by atoms with van der Waals surface area (Å²) < 4.78 is 18.2. The fourth-order valence-corrected chi connectivity index (χ4v) is 4.64. The average molecular weight is 513 g/mol. The maximum absolute atomic E-state index is 12.1. The Morgan fingerprint density at radius 2 is 1.47 bits per heavy atom. The minimum atomic E-state index is -1.11. The van der Waals surface area contributed by atoms with Crippen molar-refractivity contribution in [3.63, 3.8) is 0 Å². The highest BCUT2D eigenvalue weighted by atomic mass is 16.6. The minimum absolute atomic E-state index is 0.219. The highest BCUT2D eigenvalue weighted by Gasteiger charge is 2.45. The Morgan fingerprint density at radius 3 is 2.03 bits per heavy atom. The van der Waals surface area contributed by atoms with E-state index in [1.807, 2.05) is 0 Å². The number of aliphatic hydroxyl groups excluding tert-OH is 2. The Balaban J connectivity index is 1.49. The zero-order chi connectivity index (χ0) is 26.0. The van der Waals surface area contributed by atoms with Crippen molar-refractivity contribution in [3.8, 4) is 0 Å². The molecule has 2 heterocycles. The summed E-state index contributed by atoms with van der Waals surface area (Å²) in [4.78, 5) is 25.6. The van der Waals surface area contributed by atoms with Crippen molar-refractivity contribution in [2.24, 2.45) is 0 Å². The number of aliphatic hydroxyl groups is 2. The Hall–Kier alpha value is -1.52. The van der Waals surface area contributed by atoms with Crippen LogP contribution in [0.1, 0.15) is 103 Å². The lowest BCUT2D eigenvalue weighted by atomic mass is 10.0. The molecule has 2 rings (SSSR count). The number of nitrogens with one attached hydrogen (secondary N) is 1. The van der Waals surface area contributed by atoms with E-state index in [1.54, 1.807) is 0 Å². The average Bonchev–Trinajstić information content (AvgIpc) is 3.18. The van der Waals surface area contributed by atoms with Gasteiger partial charge in [-0.1, -0.05) is 90.4 Å². The first-order valence-electron chi connectivity index (χ1n) is 14.0. The number of hydrogen-bond acceptors (Lipinski definition) is 7. The molecule has 0 spiro atoms. The topological polar surface area (TPSA) is 123 Å². The largest absolute Gasteiger partial charge is 0.394 e. The van der Waals surface area contributed by atoms with E-state index in [9.17, 15) is 19.8 Å². The molecule has 4 atom stereocenters. The number of ether oxygens (including phenoxy) is 3. The van der Waals surface area contributed by atoms with E-state index in [0.717, 1.165) is 17.4 Å². The van der Waals surface area contributed by atoms with Crippen LogP contribution in [0.15, 0.2) is 21.9 Å². The maximum Gasteiger partial charge on any atom is 0.330 e. The number of rotatable bonds is 21. The van der Waals surface area contributed by atoms with Gasteiger partial charge in [-0.3, -0.25) is 14.3 Å². The van der Waals surface area contributed by atoms with Crippen molar-refractivity contribution in [1.29, 1.82) is 0 Å². The molecule has 1 fully saturated rings. The molecule has 0 bridgehead atoms. The van der Waals surface area contributed by atoms with Gasteiger partial charge in [0, 0.05) is 18.9 Å². The Labute approximate surface area is 215 Å². The van der Waals surface area contributed by atoms with Crippen molar-refractivity contribution in [2.75, 3.05) is 26.4 Å². The SMILES string of the molecule is CCCCCCCCCCCCCCCCOCCOC1C(O)C(CO)OC1n1ccc(=O)[nH]c1=O. The Kier molecular flexibility index (Phi) is 15.9. The molecule has 0 aromatic carbocycles. The molecule has 1 saturated heterocycles. The first-order valence-corrected chi connectivity index (χ1v) is 14.0. The van der Waals surface area contributed by atoms with Crippen molar-refractivity contribution in [3.05, 3.63) is 33.1 Å². The molecule has 0 radical (unpaired) electrons. The molecule has 0 amide bonds. The van der Waals surface area contributed by atoms with Crippen LogP contribution in [0.4, 0.5) is 0 Å². The van der Waals surface area contributed by atoms with Gasteiger partial charge in [-0.25, -0.2) is 4.79 Å². The fraction of sp³-hybridized carbons (Fsp3) is 0.852. The Morgan fingerprint density at radius 1 is 0.889 bits per heavy atom. The first-order chi connectivity index (χ1) is 17.6. The van der Waals surface area contributed by atoms with Crippen LogP contribution in [0.2, 0.25) is 0 Å². The normalized spacial score (nSPS) is 21.9. The van der Waals surface area contributed by atoms with E-state index in [-0.39, 0.29) is 6.61 Å². The van der Waals surface area contributed by atoms with Crippen LogP contribution >= 0.6 is 0 Å². The second-order valence-corrected chi connectivity index (χ2v) is 9.80. The zero-order valence-corrected chi connectivity index (χ0v) is 22.1. The second kappa shape index (κ2) is 18.7. The van der Waals surface area contributed by atoms with Gasteiger partial charge >= 0.3 is 5.69 Å². The van der Waals surface area contributed by atoms with E-state index in [0.29, 0.717) is 13.2 Å². The third-order valence-corrected chi connectivity index (χ3v) is 6.80. The van der Waals surface area contributed by atoms with Gasteiger partial charge in [0.2, 0.25) is 0 Å². The van der Waals surface area contributed by atoms with Crippen LogP contribution < -0.4 is 11.2 Å². The van der Waals surface area contributed by atoms with E-state index in [2.05, 4.69) is 11.9 Å². The lowest BCUT2D eigenvalue weighted by Crippen LogP contribution is -2.39.